The van der Waals surface area contributed by atoms with Gasteiger partial charge in [0.2, 0.25) is 10.8 Å². The molecule has 2 nitrogen and oxygen atoms in total. The van der Waals surface area contributed by atoms with Crippen LogP contribution in [0.15, 0.2) is 182 Å². The predicted molar refractivity (Wildman–Crippen MR) is 275 cm³/mol. The van der Waals surface area contributed by atoms with Crippen LogP contribution in [0.1, 0.15) is 66.8 Å². The lowest BCUT2D eigenvalue weighted by atomic mass is 9.72. The lowest BCUT2D eigenvalue weighted by Gasteiger charge is -2.38. The Hall–Kier alpha value is -7.90. The van der Waals surface area contributed by atoms with Crippen molar-refractivity contribution < 1.29 is 88.5 Å². The number of hydrogen-bond donors (Lipinski definition) is 0. The van der Waals surface area contributed by atoms with Gasteiger partial charge in [-0.1, -0.05) is 155 Å². The van der Waals surface area contributed by atoms with Gasteiger partial charge in [-0.25, -0.2) is 0 Å². The predicted octanol–water partition coefficient (Wildman–Crippen LogP) is 21.0. The van der Waals surface area contributed by atoms with Crippen molar-refractivity contribution >= 4 is 0 Å². The average Bonchev–Trinajstić information content (AvgIpc) is 1.27. The van der Waals surface area contributed by atoms with Gasteiger partial charge in [0.1, 0.15) is 23.0 Å². The van der Waals surface area contributed by atoms with Crippen molar-refractivity contribution in [1.82, 2.24) is 0 Å². The van der Waals surface area contributed by atoms with Gasteiger partial charge in [-0.2, -0.15) is 79.0 Å². The fourth-order valence-corrected chi connectivity index (χ4v) is 8.86. The topological polar surface area (TPSA) is 18.5 Å². The second-order valence-electron chi connectivity index (χ2n) is 19.2. The third kappa shape index (κ3) is 13.9. The molecule has 0 fully saturated rings. The van der Waals surface area contributed by atoms with Gasteiger partial charge in [-0.05, 0) is 136 Å². The fourth-order valence-electron chi connectivity index (χ4n) is 8.86. The highest BCUT2D eigenvalue weighted by molar-refractivity contribution is 5.73. The molecule has 0 saturated heterocycles. The van der Waals surface area contributed by atoms with Crippen LogP contribution in [-0.4, -0.2) is 24.7 Å². The van der Waals surface area contributed by atoms with Crippen molar-refractivity contribution in [3.8, 4) is 34.1 Å². The highest BCUT2D eigenvalue weighted by atomic mass is 19.4. The fraction of sp³-hybridized carbons (Fsp3) is 0.226. The molecular weight excluding hydrogens is 1120 g/mol. The quantitative estimate of drug-likeness (QED) is 0.134. The first-order valence-corrected chi connectivity index (χ1v) is 24.4. The molecule has 82 heavy (non-hydrogen) atoms. The Morgan fingerprint density at radius 2 is 0.415 bits per heavy atom. The first-order valence-electron chi connectivity index (χ1n) is 24.4. The molecule has 8 aromatic carbocycles. The molecule has 434 valence electrons. The zero-order valence-corrected chi connectivity index (χ0v) is 43.9. The van der Waals surface area contributed by atoms with E-state index in [-0.39, 0.29) is 11.5 Å². The van der Waals surface area contributed by atoms with E-state index in [9.17, 15) is 79.0 Å². The summed E-state index contributed by atoms with van der Waals surface area (Å²) >= 11 is 0. The Bertz CT molecular complexity index is 3160. The standard InChI is InChI=1S/C29H22F6O2.C17H14F6.C16H12F6/c1-19-3-11-23(12-4-19)36-25-15-7-21(8-16-25)27(28(30,31)32,29(33,34)35)22-9-17-26(18-10-22)37-24-13-5-20(2)6-14-24;1-11-3-7-13(8-4-11)15(16(18,19)20,17(21,22)23)14-9-5-12(2)6-10-14;1-9-3-5-11(13(7-9)15(17,18)19)12-6-4-10(2)8-14(12)16(20,21)22/h3-18H,1-2H3;3-10H,1-2H3;3-8H,1-2H3. The van der Waals surface area contributed by atoms with E-state index in [1.807, 2.05) is 13.8 Å². The molecule has 0 atom stereocenters. The minimum atomic E-state index is -5.69. The van der Waals surface area contributed by atoms with Gasteiger partial charge in [0.15, 0.2) is 0 Å². The smallest absolute Gasteiger partial charge is 0.417 e. The number of benzene rings is 8. The van der Waals surface area contributed by atoms with Crippen LogP contribution in [0, 0.1) is 41.5 Å². The van der Waals surface area contributed by atoms with Crippen LogP contribution in [0.5, 0.6) is 23.0 Å². The molecule has 0 aromatic heterocycles. The molecule has 0 unspecified atom stereocenters. The van der Waals surface area contributed by atoms with E-state index < -0.39 is 92.4 Å². The van der Waals surface area contributed by atoms with Crippen molar-refractivity contribution in [3.63, 3.8) is 0 Å². The van der Waals surface area contributed by atoms with Gasteiger partial charge in [0.25, 0.3) is 0 Å². The SMILES string of the molecule is Cc1ccc(-c2ccc(C)cc2C(F)(F)F)c(C(F)(F)F)c1.Cc1ccc(C(c2ccc(C)cc2)(C(F)(F)F)C(F)(F)F)cc1.Cc1ccc(Oc2ccc(C(c3ccc(Oc4ccc(C)cc4)cc3)(C(F)(F)F)C(F)(F)F)cc2)cc1. The lowest BCUT2D eigenvalue weighted by Crippen LogP contribution is -2.54. The second kappa shape index (κ2) is 23.9. The molecule has 8 aromatic rings. The van der Waals surface area contributed by atoms with E-state index >= 15 is 0 Å². The van der Waals surface area contributed by atoms with Crippen LogP contribution < -0.4 is 9.47 Å². The third-order valence-electron chi connectivity index (χ3n) is 13.0. The Morgan fingerprint density at radius 1 is 0.232 bits per heavy atom. The molecule has 8 rings (SSSR count). The summed E-state index contributed by atoms with van der Waals surface area (Å²) in [4.78, 5) is 0. The monoisotopic (exact) mass is 1170 g/mol. The van der Waals surface area contributed by atoms with Gasteiger partial charge in [-0.15, -0.1) is 0 Å². The number of rotatable bonds is 9. The van der Waals surface area contributed by atoms with E-state index in [0.717, 1.165) is 108 Å². The van der Waals surface area contributed by atoms with Gasteiger partial charge in [0.05, 0.1) is 11.1 Å². The van der Waals surface area contributed by atoms with Gasteiger partial charge in [0, 0.05) is 0 Å². The first kappa shape index (κ1) is 63.3. The number of alkyl halides is 18. The Labute approximate surface area is 459 Å². The number of halogens is 18. The summed E-state index contributed by atoms with van der Waals surface area (Å²) in [5.41, 5.74) is -11.3. The van der Waals surface area contributed by atoms with E-state index in [2.05, 4.69) is 0 Å². The normalized spacial score (nSPS) is 12.6. The Kier molecular flexibility index (Phi) is 18.4. The molecule has 20 heteroatoms. The molecule has 0 heterocycles. The summed E-state index contributed by atoms with van der Waals surface area (Å²) in [5.74, 6) is 1.02. The number of hydrogen-bond acceptors (Lipinski definition) is 2. The highest BCUT2D eigenvalue weighted by Crippen LogP contribution is 2.58. The average molecular weight is 1170 g/mol. The maximum atomic E-state index is 14.4. The van der Waals surface area contributed by atoms with E-state index in [0.29, 0.717) is 33.8 Å². The van der Waals surface area contributed by atoms with Crippen LogP contribution in [-0.2, 0) is 23.2 Å². The van der Waals surface area contributed by atoms with Gasteiger partial charge in [-0.3, -0.25) is 0 Å². The van der Waals surface area contributed by atoms with Crippen molar-refractivity contribution in [1.29, 1.82) is 0 Å². The molecule has 0 aliphatic rings. The molecule has 0 N–H and O–H groups in total. The Morgan fingerprint density at radius 3 is 0.622 bits per heavy atom. The highest BCUT2D eigenvalue weighted by Gasteiger charge is 2.73. The molecule has 0 radical (unpaired) electrons. The summed E-state index contributed by atoms with van der Waals surface area (Å²) in [6.07, 6.45) is -31.9. The third-order valence-corrected chi connectivity index (χ3v) is 13.0. The van der Waals surface area contributed by atoms with E-state index in [4.69, 9.17) is 9.47 Å². The molecule has 0 spiro atoms. The van der Waals surface area contributed by atoms with Crippen LogP contribution in [0.2, 0.25) is 0 Å². The minimum Gasteiger partial charge on any atom is -0.457 e. The van der Waals surface area contributed by atoms with Gasteiger partial charge >= 0.3 is 37.1 Å². The van der Waals surface area contributed by atoms with Crippen molar-refractivity contribution in [2.45, 2.75) is 89.4 Å². The van der Waals surface area contributed by atoms with Crippen molar-refractivity contribution in [3.05, 3.63) is 249 Å². The van der Waals surface area contributed by atoms with Crippen LogP contribution in [0.3, 0.4) is 0 Å². The number of ether oxygens (including phenoxy) is 2. The lowest BCUT2D eigenvalue weighted by molar-refractivity contribution is -0.290. The summed E-state index contributed by atoms with van der Waals surface area (Å²) in [7, 11) is 0. The van der Waals surface area contributed by atoms with Crippen LogP contribution in [0.4, 0.5) is 79.0 Å². The molecular formula is C62H48F18O2. The van der Waals surface area contributed by atoms with Crippen LogP contribution in [0.25, 0.3) is 11.1 Å². The Balaban J connectivity index is 0.000000209. The molecule has 0 amide bonds. The zero-order valence-electron chi connectivity index (χ0n) is 43.9. The van der Waals surface area contributed by atoms with E-state index in [1.54, 1.807) is 62.4 Å². The van der Waals surface area contributed by atoms with Gasteiger partial charge < -0.3 is 9.47 Å². The summed E-state index contributed by atoms with van der Waals surface area (Å²) in [6.45, 7) is 9.84. The summed E-state index contributed by atoms with van der Waals surface area (Å²) < 4.78 is 259. The second-order valence-corrected chi connectivity index (χ2v) is 19.2. The molecule has 0 aliphatic heterocycles. The molecule has 0 saturated carbocycles. The van der Waals surface area contributed by atoms with E-state index in [1.165, 1.54) is 50.2 Å². The van der Waals surface area contributed by atoms with Crippen molar-refractivity contribution in [2.75, 3.05) is 0 Å². The van der Waals surface area contributed by atoms with Crippen LogP contribution >= 0.6 is 0 Å². The minimum absolute atomic E-state index is 0.104. The largest absolute Gasteiger partial charge is 0.457 e. The molecule has 0 aliphatic carbocycles. The molecule has 0 bridgehead atoms. The van der Waals surface area contributed by atoms with Crippen molar-refractivity contribution in [2.24, 2.45) is 0 Å². The zero-order chi connectivity index (χ0) is 61.0. The maximum absolute atomic E-state index is 14.4. The maximum Gasteiger partial charge on any atom is 0.417 e. The first-order chi connectivity index (χ1) is 37.9. The number of aryl methyl sites for hydroxylation is 6. The summed E-state index contributed by atoms with van der Waals surface area (Å²) in [5, 5.41) is 0. The summed E-state index contributed by atoms with van der Waals surface area (Å²) in [6, 6.07) is 36.4.